The van der Waals surface area contributed by atoms with Gasteiger partial charge in [-0.2, -0.15) is 0 Å². The molecule has 152 valence electrons. The van der Waals surface area contributed by atoms with Crippen molar-refractivity contribution in [3.63, 3.8) is 0 Å². The average Bonchev–Trinajstić information content (AvgIpc) is 2.62. The van der Waals surface area contributed by atoms with Crippen LogP contribution in [0, 0.1) is 0 Å². The summed E-state index contributed by atoms with van der Waals surface area (Å²) in [5.74, 6) is 0. The molecule has 6 heteroatoms. The fourth-order valence-corrected chi connectivity index (χ4v) is 3.37. The van der Waals surface area contributed by atoms with Crippen LogP contribution in [0.25, 0.3) is 0 Å². The van der Waals surface area contributed by atoms with E-state index < -0.39 is 23.8 Å². The van der Waals surface area contributed by atoms with E-state index in [1.807, 2.05) is 75.4 Å². The quantitative estimate of drug-likeness (QED) is 0.523. The highest BCUT2D eigenvalue weighted by atomic mass is 16.4. The van der Waals surface area contributed by atoms with Gasteiger partial charge in [-0.15, -0.1) is 0 Å². The first-order chi connectivity index (χ1) is 13.2. The van der Waals surface area contributed by atoms with Gasteiger partial charge in [0.05, 0.1) is 12.1 Å². The molecule has 0 aliphatic carbocycles. The normalized spacial score (nSPS) is 13.7. The topological polar surface area (TPSA) is 98.8 Å². The number of benzene rings is 2. The number of carbonyl (C=O) groups is 1. The second-order valence-electron chi connectivity index (χ2n) is 7.98. The van der Waals surface area contributed by atoms with Crippen LogP contribution in [-0.4, -0.2) is 45.4 Å². The second-order valence-corrected chi connectivity index (χ2v) is 7.98. The molecule has 0 saturated carbocycles. The monoisotopic (exact) mass is 385 g/mol. The molecule has 6 nitrogen and oxygen atoms in total. The zero-order chi connectivity index (χ0) is 20.7. The largest absolute Gasteiger partial charge is 0.465 e. The number of hydrogen-bond donors (Lipinski definition) is 4. The Morgan fingerprint density at radius 1 is 1.11 bits per heavy atom. The number of aliphatic hydroxyl groups excluding tert-OH is 1. The third-order valence-corrected chi connectivity index (χ3v) is 4.72. The van der Waals surface area contributed by atoms with Gasteiger partial charge in [0.2, 0.25) is 0 Å². The molecule has 0 heterocycles. The lowest BCUT2D eigenvalue weighted by Gasteiger charge is -2.42. The van der Waals surface area contributed by atoms with Crippen LogP contribution in [0.5, 0.6) is 0 Å². The van der Waals surface area contributed by atoms with E-state index in [2.05, 4.69) is 5.32 Å². The Balaban J connectivity index is 2.14. The molecule has 28 heavy (non-hydrogen) atoms. The number of nitrogens with one attached hydrogen (secondary N) is 1. The lowest BCUT2D eigenvalue weighted by Crippen LogP contribution is -2.58. The molecule has 0 bridgehead atoms. The first-order valence-corrected chi connectivity index (χ1v) is 9.48. The molecule has 0 radical (unpaired) electrons. The lowest BCUT2D eigenvalue weighted by molar-refractivity contribution is 0.00771. The van der Waals surface area contributed by atoms with Crippen molar-refractivity contribution in [3.8, 4) is 0 Å². The summed E-state index contributed by atoms with van der Waals surface area (Å²) >= 11 is 0. The van der Waals surface area contributed by atoms with E-state index in [0.717, 1.165) is 11.1 Å². The fraction of sp³-hybridized carbons (Fsp3) is 0.409. The van der Waals surface area contributed by atoms with Gasteiger partial charge in [-0.05, 0) is 44.4 Å². The molecule has 0 fully saturated rings. The van der Waals surface area contributed by atoms with Crippen LogP contribution in [-0.2, 0) is 13.0 Å². The molecule has 2 aromatic carbocycles. The molecule has 0 aromatic heterocycles. The Morgan fingerprint density at radius 3 is 2.29 bits per heavy atom. The molecular weight excluding hydrogens is 354 g/mol. The summed E-state index contributed by atoms with van der Waals surface area (Å²) in [6, 6.07) is 16.6. The summed E-state index contributed by atoms with van der Waals surface area (Å²) < 4.78 is 0. The molecule has 0 aliphatic rings. The van der Waals surface area contributed by atoms with Crippen LogP contribution >= 0.6 is 0 Å². The predicted octanol–water partition coefficient (Wildman–Crippen LogP) is 3.11. The van der Waals surface area contributed by atoms with Crippen molar-refractivity contribution in [2.75, 3.05) is 12.3 Å². The standard InChI is InChI=1S/C22H31N3O3/c1-22(2,3)25(21(27)28)19(13-16-9-5-4-6-10-16)20(26)15-24-14-17-11-7-8-12-18(17)23/h4-12,19-20,24,26H,13-15,23H2,1-3H3,(H,27,28)/t19-,20+/m0/s1. The molecule has 0 saturated heterocycles. The van der Waals surface area contributed by atoms with Crippen molar-refractivity contribution in [1.29, 1.82) is 0 Å². The minimum Gasteiger partial charge on any atom is -0.465 e. The van der Waals surface area contributed by atoms with Crippen molar-refractivity contribution >= 4 is 11.8 Å². The van der Waals surface area contributed by atoms with Crippen molar-refractivity contribution < 1.29 is 15.0 Å². The smallest absolute Gasteiger partial charge is 0.408 e. The zero-order valence-electron chi connectivity index (χ0n) is 16.8. The van der Waals surface area contributed by atoms with Crippen LogP contribution in [0.3, 0.4) is 0 Å². The fourth-order valence-electron chi connectivity index (χ4n) is 3.37. The van der Waals surface area contributed by atoms with E-state index in [9.17, 15) is 15.0 Å². The van der Waals surface area contributed by atoms with E-state index in [4.69, 9.17) is 5.73 Å². The Bertz CT molecular complexity index is 759. The molecular formula is C22H31N3O3. The highest BCUT2D eigenvalue weighted by molar-refractivity contribution is 5.66. The van der Waals surface area contributed by atoms with Gasteiger partial charge in [0.1, 0.15) is 0 Å². The maximum Gasteiger partial charge on any atom is 0.408 e. The van der Waals surface area contributed by atoms with Crippen LogP contribution in [0.1, 0.15) is 31.9 Å². The summed E-state index contributed by atoms with van der Waals surface area (Å²) in [4.78, 5) is 13.4. The number of aliphatic hydroxyl groups is 1. The summed E-state index contributed by atoms with van der Waals surface area (Å²) in [7, 11) is 0. The number of anilines is 1. The number of nitrogen functional groups attached to an aromatic ring is 1. The molecule has 1 amide bonds. The Labute approximate surface area is 167 Å². The number of hydrogen-bond acceptors (Lipinski definition) is 4. The summed E-state index contributed by atoms with van der Waals surface area (Å²) in [6.45, 7) is 6.27. The van der Waals surface area contributed by atoms with Crippen LogP contribution in [0.4, 0.5) is 10.5 Å². The number of amides is 1. The molecule has 0 unspecified atom stereocenters. The van der Waals surface area contributed by atoms with Crippen LogP contribution in [0.15, 0.2) is 54.6 Å². The molecule has 2 rings (SSSR count). The first kappa shape index (κ1) is 21.7. The van der Waals surface area contributed by atoms with Gasteiger partial charge in [0, 0.05) is 24.3 Å². The summed E-state index contributed by atoms with van der Waals surface area (Å²) in [5, 5.41) is 23.9. The third-order valence-electron chi connectivity index (χ3n) is 4.72. The van der Waals surface area contributed by atoms with E-state index >= 15 is 0 Å². The van der Waals surface area contributed by atoms with Gasteiger partial charge in [0.15, 0.2) is 0 Å². The molecule has 2 atom stereocenters. The highest BCUT2D eigenvalue weighted by Gasteiger charge is 2.37. The highest BCUT2D eigenvalue weighted by Crippen LogP contribution is 2.23. The van der Waals surface area contributed by atoms with Crippen molar-refractivity contribution in [1.82, 2.24) is 10.2 Å². The average molecular weight is 386 g/mol. The molecule has 2 aromatic rings. The second kappa shape index (κ2) is 9.57. The Kier molecular flexibility index (Phi) is 7.43. The number of para-hydroxylation sites is 1. The van der Waals surface area contributed by atoms with Gasteiger partial charge >= 0.3 is 6.09 Å². The number of carboxylic acid groups (broad SMARTS) is 1. The number of rotatable bonds is 8. The Morgan fingerprint density at radius 2 is 1.71 bits per heavy atom. The van der Waals surface area contributed by atoms with E-state index in [1.165, 1.54) is 4.90 Å². The number of nitrogens with two attached hydrogens (primary N) is 1. The lowest BCUT2D eigenvalue weighted by atomic mass is 9.94. The molecule has 5 N–H and O–H groups in total. The van der Waals surface area contributed by atoms with Crippen molar-refractivity contribution in [3.05, 3.63) is 65.7 Å². The minimum atomic E-state index is -1.04. The van der Waals surface area contributed by atoms with E-state index in [0.29, 0.717) is 18.7 Å². The van der Waals surface area contributed by atoms with Gasteiger partial charge < -0.3 is 21.3 Å². The zero-order valence-corrected chi connectivity index (χ0v) is 16.8. The van der Waals surface area contributed by atoms with E-state index in [1.54, 1.807) is 0 Å². The summed E-state index contributed by atoms with van der Waals surface area (Å²) in [5.41, 5.74) is 7.93. The summed E-state index contributed by atoms with van der Waals surface area (Å²) in [6.07, 6.45) is -1.49. The van der Waals surface area contributed by atoms with Crippen LogP contribution < -0.4 is 11.1 Å². The van der Waals surface area contributed by atoms with Gasteiger partial charge in [0.25, 0.3) is 0 Å². The van der Waals surface area contributed by atoms with Gasteiger partial charge in [-0.3, -0.25) is 4.90 Å². The minimum absolute atomic E-state index is 0.256. The van der Waals surface area contributed by atoms with Crippen molar-refractivity contribution in [2.24, 2.45) is 0 Å². The van der Waals surface area contributed by atoms with Crippen LogP contribution in [0.2, 0.25) is 0 Å². The maximum atomic E-state index is 12.0. The van der Waals surface area contributed by atoms with E-state index in [-0.39, 0.29) is 6.54 Å². The number of nitrogens with zero attached hydrogens (tertiary/aromatic N) is 1. The predicted molar refractivity (Wildman–Crippen MR) is 112 cm³/mol. The maximum absolute atomic E-state index is 12.0. The van der Waals surface area contributed by atoms with Gasteiger partial charge in [-0.25, -0.2) is 4.79 Å². The Hall–Kier alpha value is -2.57. The van der Waals surface area contributed by atoms with Crippen molar-refractivity contribution in [2.45, 2.75) is 51.4 Å². The first-order valence-electron chi connectivity index (χ1n) is 9.48. The SMILES string of the molecule is CC(C)(C)N(C(=O)O)[C@@H](Cc1ccccc1)[C@H](O)CNCc1ccccc1N. The molecule has 0 aliphatic heterocycles. The third kappa shape index (κ3) is 5.97. The molecule has 0 spiro atoms. The van der Waals surface area contributed by atoms with Gasteiger partial charge in [-0.1, -0.05) is 48.5 Å².